The van der Waals surface area contributed by atoms with E-state index in [9.17, 15) is 8.78 Å². The molecule has 0 spiro atoms. The van der Waals surface area contributed by atoms with Gasteiger partial charge in [0.15, 0.2) is 5.82 Å². The number of methoxy groups -OCH3 is 1. The second-order valence-electron chi connectivity index (χ2n) is 8.45. The van der Waals surface area contributed by atoms with Crippen LogP contribution in [0.15, 0.2) is 29.5 Å². The van der Waals surface area contributed by atoms with Crippen LogP contribution in [0.2, 0.25) is 0 Å². The number of piperidine rings is 1. The van der Waals surface area contributed by atoms with Gasteiger partial charge in [0.2, 0.25) is 11.8 Å². The molecule has 1 fully saturated rings. The topological polar surface area (TPSA) is 103 Å². The van der Waals surface area contributed by atoms with Crippen LogP contribution in [0.3, 0.4) is 0 Å². The molecule has 1 aliphatic heterocycles. The summed E-state index contributed by atoms with van der Waals surface area (Å²) in [5.41, 5.74) is 8.96. The molecule has 1 aromatic carbocycles. The zero-order valence-corrected chi connectivity index (χ0v) is 19.1. The van der Waals surface area contributed by atoms with Gasteiger partial charge < -0.3 is 20.3 Å². The zero-order chi connectivity index (χ0) is 24.4. The molecule has 0 bridgehead atoms. The highest BCUT2D eigenvalue weighted by Gasteiger charge is 2.29. The summed E-state index contributed by atoms with van der Waals surface area (Å²) in [6.07, 6.45) is 0.675. The van der Waals surface area contributed by atoms with Crippen molar-refractivity contribution in [3.05, 3.63) is 30.2 Å². The van der Waals surface area contributed by atoms with Crippen molar-refractivity contribution in [1.29, 1.82) is 5.53 Å². The number of ether oxygens (including phenoxy) is 1. The number of alkyl halides is 2. The summed E-state index contributed by atoms with van der Waals surface area (Å²) in [4.78, 5) is 6.27. The molecule has 1 saturated heterocycles. The first-order valence-corrected chi connectivity index (χ1v) is 10.9. The fraction of sp³-hybridized carbons (Fsp3) is 0.455. The minimum atomic E-state index is -1.10. The number of hydrogen-bond acceptors (Lipinski definition) is 8. The summed E-state index contributed by atoms with van der Waals surface area (Å²) in [7, 11) is 3.27. The molecule has 9 nitrogen and oxygen atoms in total. The van der Waals surface area contributed by atoms with E-state index >= 15 is 4.39 Å². The smallest absolute Gasteiger partial charge is 0.244 e. The molecule has 12 heteroatoms. The molecule has 182 valence electrons. The van der Waals surface area contributed by atoms with Crippen LogP contribution >= 0.6 is 0 Å². The van der Waals surface area contributed by atoms with Crippen molar-refractivity contribution in [3.63, 3.8) is 0 Å². The van der Waals surface area contributed by atoms with Crippen molar-refractivity contribution in [2.45, 2.75) is 31.6 Å². The Morgan fingerprint density at radius 1 is 1.38 bits per heavy atom. The zero-order valence-electron chi connectivity index (χ0n) is 19.1. The maximum absolute atomic E-state index is 15.2. The van der Waals surface area contributed by atoms with E-state index in [2.05, 4.69) is 25.8 Å². The normalized spacial score (nSPS) is 19.7. The van der Waals surface area contributed by atoms with Crippen molar-refractivity contribution < 1.29 is 17.9 Å². The second-order valence-corrected chi connectivity index (χ2v) is 8.45. The highest BCUT2D eigenvalue weighted by molar-refractivity contribution is 5.88. The number of rotatable bonds is 8. The average Bonchev–Trinajstić information content (AvgIpc) is 3.15. The van der Waals surface area contributed by atoms with Gasteiger partial charge >= 0.3 is 0 Å². The Bertz CT molecular complexity index is 1190. The van der Waals surface area contributed by atoms with Gasteiger partial charge in [-0.05, 0) is 38.1 Å². The van der Waals surface area contributed by atoms with Gasteiger partial charge in [-0.15, -0.1) is 5.10 Å². The third-order valence-electron chi connectivity index (χ3n) is 5.84. The molecule has 3 N–H and O–H groups in total. The Morgan fingerprint density at radius 3 is 2.85 bits per heavy atom. The summed E-state index contributed by atoms with van der Waals surface area (Å²) < 4.78 is 49.4. The molecule has 3 aromatic rings. The predicted octanol–water partition coefficient (Wildman–Crippen LogP) is 4.43. The molecular weight excluding hydrogens is 449 g/mol. The monoisotopic (exact) mass is 476 g/mol. The molecule has 0 radical (unpaired) electrons. The summed E-state index contributed by atoms with van der Waals surface area (Å²) in [6.45, 7) is 2.06. The van der Waals surface area contributed by atoms with E-state index in [1.165, 1.54) is 17.8 Å². The number of nitrogens with zero attached hydrogens (tertiary/aromatic N) is 5. The minimum Gasteiger partial charge on any atom is -0.479 e. The Kier molecular flexibility index (Phi) is 6.87. The molecule has 4 rings (SSSR count). The predicted molar refractivity (Wildman–Crippen MR) is 123 cm³/mol. The maximum Gasteiger partial charge on any atom is 0.244 e. The van der Waals surface area contributed by atoms with E-state index in [1.54, 1.807) is 25.1 Å². The van der Waals surface area contributed by atoms with E-state index in [-0.39, 0.29) is 22.9 Å². The molecular formula is C22H27F3N8O. The first-order chi connectivity index (χ1) is 16.3. The lowest BCUT2D eigenvalue weighted by Gasteiger charge is -2.32. The summed E-state index contributed by atoms with van der Waals surface area (Å²) in [5.74, 6) is -0.335. The number of hydrogen-bond donors (Lipinski definition) is 3. The van der Waals surface area contributed by atoms with Crippen LogP contribution in [-0.2, 0) is 0 Å². The Morgan fingerprint density at radius 2 is 2.18 bits per heavy atom. The highest BCUT2D eigenvalue weighted by Crippen LogP contribution is 2.38. The molecule has 0 amide bonds. The third kappa shape index (κ3) is 4.63. The van der Waals surface area contributed by atoms with Gasteiger partial charge in [-0.2, -0.15) is 10.1 Å². The van der Waals surface area contributed by atoms with Gasteiger partial charge in [0.25, 0.3) is 0 Å². The van der Waals surface area contributed by atoms with Gasteiger partial charge in [0.1, 0.15) is 24.1 Å². The number of benzene rings is 1. The van der Waals surface area contributed by atoms with Crippen LogP contribution in [-0.4, -0.2) is 71.7 Å². The van der Waals surface area contributed by atoms with E-state index in [4.69, 9.17) is 10.3 Å². The van der Waals surface area contributed by atoms with Crippen molar-refractivity contribution in [2.24, 2.45) is 5.11 Å². The third-order valence-corrected chi connectivity index (χ3v) is 5.84. The fourth-order valence-electron chi connectivity index (χ4n) is 4.09. The fourth-order valence-corrected chi connectivity index (χ4v) is 4.09. The van der Waals surface area contributed by atoms with Crippen LogP contribution in [0.4, 0.5) is 30.5 Å². The molecule has 0 saturated carbocycles. The van der Waals surface area contributed by atoms with Crippen molar-refractivity contribution >= 4 is 22.8 Å². The van der Waals surface area contributed by atoms with Gasteiger partial charge in [0.05, 0.1) is 36.6 Å². The molecule has 2 aromatic heterocycles. The minimum absolute atomic E-state index is 0.112. The SMILES string of the molecule is COc1nc(N[C@H]2CCN(C)C[C@H]2F)nn2cc(F)c(-c3ccc(N=N)c(N[C@@H](C)CF)c3)c12. The Balaban J connectivity index is 1.74. The summed E-state index contributed by atoms with van der Waals surface area (Å²) in [6, 6.07) is 3.76. The number of likely N-dealkylation sites (tertiary alicyclic amines) is 1. The maximum atomic E-state index is 15.2. The van der Waals surface area contributed by atoms with E-state index in [0.29, 0.717) is 29.9 Å². The number of aromatic nitrogens is 3. The van der Waals surface area contributed by atoms with Gasteiger partial charge in [0, 0.05) is 13.1 Å². The number of anilines is 2. The lowest BCUT2D eigenvalue weighted by molar-refractivity contribution is 0.149. The van der Waals surface area contributed by atoms with Crippen molar-refractivity contribution in [1.82, 2.24) is 19.5 Å². The number of fused-ring (bicyclic) bond motifs is 1. The number of nitrogens with one attached hydrogen (secondary N) is 3. The lowest BCUT2D eigenvalue weighted by Crippen LogP contribution is -2.46. The quantitative estimate of drug-likeness (QED) is 0.416. The first-order valence-electron chi connectivity index (χ1n) is 10.9. The molecule has 3 heterocycles. The summed E-state index contributed by atoms with van der Waals surface area (Å²) in [5, 5.41) is 13.7. The van der Waals surface area contributed by atoms with Crippen molar-refractivity contribution in [3.8, 4) is 17.0 Å². The van der Waals surface area contributed by atoms with E-state index in [0.717, 1.165) is 6.54 Å². The molecule has 3 atom stereocenters. The average molecular weight is 477 g/mol. The first kappa shape index (κ1) is 23.7. The number of halogens is 3. The van der Waals surface area contributed by atoms with Crippen LogP contribution in [0.1, 0.15) is 13.3 Å². The molecule has 0 aliphatic carbocycles. The van der Waals surface area contributed by atoms with E-state index < -0.39 is 30.7 Å². The van der Waals surface area contributed by atoms with Crippen LogP contribution in [0.5, 0.6) is 5.88 Å². The van der Waals surface area contributed by atoms with Gasteiger partial charge in [-0.25, -0.2) is 23.2 Å². The molecule has 1 aliphatic rings. The standard InChI is InChI=1S/C22H27F3N8O/c1-12(9-23)27-18-8-13(4-5-17(18)30-26)19-15(25)11-33-20(19)21(34-3)29-22(31-33)28-16-6-7-32(2)10-14(16)24/h4-5,8,11-12,14,16,26-27H,6-7,9-10H2,1-3H3,(H,28,31)/t12-,14+,16-/m0/s1. The highest BCUT2D eigenvalue weighted by atomic mass is 19.1. The van der Waals surface area contributed by atoms with Crippen molar-refractivity contribution in [2.75, 3.05) is 44.6 Å². The van der Waals surface area contributed by atoms with Gasteiger partial charge in [-0.3, -0.25) is 0 Å². The van der Waals surface area contributed by atoms with Crippen LogP contribution < -0.4 is 15.4 Å². The summed E-state index contributed by atoms with van der Waals surface area (Å²) >= 11 is 0. The largest absolute Gasteiger partial charge is 0.479 e. The van der Waals surface area contributed by atoms with Gasteiger partial charge in [-0.1, -0.05) is 6.07 Å². The Hall–Kier alpha value is -3.41. The second kappa shape index (κ2) is 9.84. The molecule has 34 heavy (non-hydrogen) atoms. The van der Waals surface area contributed by atoms with Crippen LogP contribution in [0, 0.1) is 11.3 Å². The van der Waals surface area contributed by atoms with E-state index in [1.807, 2.05) is 11.9 Å². The lowest BCUT2D eigenvalue weighted by atomic mass is 10.0. The Labute approximate surface area is 194 Å². The van der Waals surface area contributed by atoms with Crippen LogP contribution in [0.25, 0.3) is 16.6 Å². The molecule has 0 unspecified atom stereocenters.